The largest absolute Gasteiger partial charge is 0.330 e. The fourth-order valence-corrected chi connectivity index (χ4v) is 2.61. The van der Waals surface area contributed by atoms with Gasteiger partial charge in [-0.1, -0.05) is 29.3 Å². The first kappa shape index (κ1) is 13.9. The molecule has 1 aliphatic carbocycles. The Morgan fingerprint density at radius 1 is 1.35 bits per heavy atom. The Labute approximate surface area is 128 Å². The molecule has 1 unspecified atom stereocenters. The van der Waals surface area contributed by atoms with Gasteiger partial charge in [0.2, 0.25) is 0 Å². The smallest absolute Gasteiger partial charge is 0.0951 e. The van der Waals surface area contributed by atoms with E-state index in [1.54, 1.807) is 0 Å². The van der Waals surface area contributed by atoms with Gasteiger partial charge < -0.3 is 9.88 Å². The highest BCUT2D eigenvalue weighted by Crippen LogP contribution is 2.35. The van der Waals surface area contributed by atoms with Crippen molar-refractivity contribution in [3.05, 3.63) is 52.0 Å². The predicted molar refractivity (Wildman–Crippen MR) is 82.2 cm³/mol. The Balaban J connectivity index is 1.65. The summed E-state index contributed by atoms with van der Waals surface area (Å²) in [5, 5.41) is 4.70. The second-order valence-electron chi connectivity index (χ2n) is 5.30. The lowest BCUT2D eigenvalue weighted by molar-refractivity contribution is 0.547. The average molecular weight is 310 g/mol. The number of halogens is 2. The zero-order valence-corrected chi connectivity index (χ0v) is 12.8. The van der Waals surface area contributed by atoms with Crippen LogP contribution in [0, 0.1) is 0 Å². The summed E-state index contributed by atoms with van der Waals surface area (Å²) >= 11 is 12.0. The first-order valence-corrected chi connectivity index (χ1v) is 7.60. The van der Waals surface area contributed by atoms with Gasteiger partial charge in [0.15, 0.2) is 0 Å². The van der Waals surface area contributed by atoms with E-state index in [4.69, 9.17) is 23.2 Å². The maximum atomic E-state index is 6.06. The first-order chi connectivity index (χ1) is 9.65. The molecule has 1 fully saturated rings. The molecule has 1 N–H and O–H groups in total. The third kappa shape index (κ3) is 3.00. The van der Waals surface area contributed by atoms with Crippen LogP contribution in [0.15, 0.2) is 30.7 Å². The number of hydrogen-bond donors (Lipinski definition) is 1. The van der Waals surface area contributed by atoms with Crippen LogP contribution >= 0.6 is 23.2 Å². The molecule has 0 amide bonds. The standard InChI is InChI=1S/C15H17Cl2N3/c1-10(11-2-5-14(16)15(17)6-11)19-8-13-7-18-9-20(13)12-3-4-12/h2,5-7,9-10,12,19H,3-4,8H2,1H3. The first-order valence-electron chi connectivity index (χ1n) is 6.84. The number of nitrogens with zero attached hydrogens (tertiary/aromatic N) is 2. The van der Waals surface area contributed by atoms with E-state index in [1.165, 1.54) is 18.5 Å². The minimum atomic E-state index is 0.215. The van der Waals surface area contributed by atoms with Crippen molar-refractivity contribution in [1.29, 1.82) is 0 Å². The van der Waals surface area contributed by atoms with Crippen LogP contribution in [0.4, 0.5) is 0 Å². The molecule has 0 bridgehead atoms. The van der Waals surface area contributed by atoms with Crippen molar-refractivity contribution in [2.45, 2.75) is 38.4 Å². The zero-order valence-electron chi connectivity index (χ0n) is 11.3. The minimum Gasteiger partial charge on any atom is -0.330 e. The SMILES string of the molecule is CC(NCc1cncn1C1CC1)c1ccc(Cl)c(Cl)c1. The van der Waals surface area contributed by atoms with Gasteiger partial charge in [-0.05, 0) is 37.5 Å². The summed E-state index contributed by atoms with van der Waals surface area (Å²) in [4.78, 5) is 4.24. The minimum absolute atomic E-state index is 0.215. The van der Waals surface area contributed by atoms with Gasteiger partial charge in [0.1, 0.15) is 0 Å². The van der Waals surface area contributed by atoms with E-state index in [0.29, 0.717) is 16.1 Å². The van der Waals surface area contributed by atoms with Crippen LogP contribution in [-0.4, -0.2) is 9.55 Å². The molecule has 106 valence electrons. The van der Waals surface area contributed by atoms with Crippen molar-refractivity contribution >= 4 is 23.2 Å². The molecule has 3 rings (SSSR count). The van der Waals surface area contributed by atoms with Gasteiger partial charge in [0.25, 0.3) is 0 Å². The topological polar surface area (TPSA) is 29.9 Å². The lowest BCUT2D eigenvalue weighted by Gasteiger charge is -2.15. The molecule has 1 aliphatic rings. The van der Waals surface area contributed by atoms with Crippen LogP contribution in [0.3, 0.4) is 0 Å². The molecule has 2 aromatic rings. The van der Waals surface area contributed by atoms with E-state index < -0.39 is 0 Å². The number of aromatic nitrogens is 2. The molecule has 3 nitrogen and oxygen atoms in total. The Hall–Kier alpha value is -1.03. The molecule has 1 aromatic carbocycles. The Morgan fingerprint density at radius 3 is 2.85 bits per heavy atom. The van der Waals surface area contributed by atoms with Gasteiger partial charge in [-0.15, -0.1) is 0 Å². The van der Waals surface area contributed by atoms with Crippen LogP contribution in [0.5, 0.6) is 0 Å². The van der Waals surface area contributed by atoms with E-state index in [0.717, 1.165) is 12.1 Å². The lowest BCUT2D eigenvalue weighted by Crippen LogP contribution is -2.19. The number of benzene rings is 1. The van der Waals surface area contributed by atoms with Crippen LogP contribution in [0.2, 0.25) is 10.0 Å². The van der Waals surface area contributed by atoms with Crippen molar-refractivity contribution in [3.63, 3.8) is 0 Å². The Kier molecular flexibility index (Phi) is 4.01. The third-order valence-corrected chi connectivity index (χ3v) is 4.46. The summed E-state index contributed by atoms with van der Waals surface area (Å²) in [5.41, 5.74) is 2.37. The highest BCUT2D eigenvalue weighted by atomic mass is 35.5. The lowest BCUT2D eigenvalue weighted by atomic mass is 10.1. The Morgan fingerprint density at radius 2 is 2.15 bits per heavy atom. The maximum absolute atomic E-state index is 6.06. The van der Waals surface area contributed by atoms with E-state index in [-0.39, 0.29) is 6.04 Å². The van der Waals surface area contributed by atoms with Gasteiger partial charge in [-0.3, -0.25) is 0 Å². The van der Waals surface area contributed by atoms with Crippen LogP contribution in [0.1, 0.15) is 43.1 Å². The number of rotatable bonds is 5. The quantitative estimate of drug-likeness (QED) is 0.888. The van der Waals surface area contributed by atoms with Crippen molar-refractivity contribution in [2.24, 2.45) is 0 Å². The molecule has 1 aromatic heterocycles. The van der Waals surface area contributed by atoms with Gasteiger partial charge >= 0.3 is 0 Å². The van der Waals surface area contributed by atoms with E-state index in [1.807, 2.05) is 30.7 Å². The second-order valence-corrected chi connectivity index (χ2v) is 6.11. The molecule has 0 saturated heterocycles. The summed E-state index contributed by atoms with van der Waals surface area (Å²) in [6, 6.07) is 6.64. The highest BCUT2D eigenvalue weighted by molar-refractivity contribution is 6.42. The van der Waals surface area contributed by atoms with Gasteiger partial charge in [0.05, 0.1) is 22.1 Å². The molecule has 0 aliphatic heterocycles. The number of imidazole rings is 1. The van der Waals surface area contributed by atoms with Crippen LogP contribution < -0.4 is 5.32 Å². The fourth-order valence-electron chi connectivity index (χ4n) is 2.31. The molecule has 0 radical (unpaired) electrons. The summed E-state index contributed by atoms with van der Waals surface area (Å²) < 4.78 is 2.27. The van der Waals surface area contributed by atoms with E-state index in [9.17, 15) is 0 Å². The number of hydrogen-bond acceptors (Lipinski definition) is 2. The maximum Gasteiger partial charge on any atom is 0.0951 e. The predicted octanol–water partition coefficient (Wildman–Crippen LogP) is 4.38. The van der Waals surface area contributed by atoms with Gasteiger partial charge in [-0.2, -0.15) is 0 Å². The van der Waals surface area contributed by atoms with Gasteiger partial charge in [-0.25, -0.2) is 4.98 Å². The summed E-state index contributed by atoms with van der Waals surface area (Å²) in [7, 11) is 0. The summed E-state index contributed by atoms with van der Waals surface area (Å²) in [6.45, 7) is 2.93. The van der Waals surface area contributed by atoms with Crippen molar-refractivity contribution in [1.82, 2.24) is 14.9 Å². The van der Waals surface area contributed by atoms with Gasteiger partial charge in [0, 0.05) is 24.8 Å². The molecule has 20 heavy (non-hydrogen) atoms. The van der Waals surface area contributed by atoms with Crippen LogP contribution in [-0.2, 0) is 6.54 Å². The molecular weight excluding hydrogens is 293 g/mol. The Bertz CT molecular complexity index is 605. The molecule has 5 heteroatoms. The highest BCUT2D eigenvalue weighted by Gasteiger charge is 2.25. The molecule has 0 spiro atoms. The molecule has 1 heterocycles. The van der Waals surface area contributed by atoms with Crippen molar-refractivity contribution < 1.29 is 0 Å². The summed E-state index contributed by atoms with van der Waals surface area (Å²) in [6.07, 6.45) is 6.41. The molecular formula is C15H17Cl2N3. The average Bonchev–Trinajstić information content (AvgIpc) is 3.18. The fraction of sp³-hybridized carbons (Fsp3) is 0.400. The normalized spacial score (nSPS) is 16.4. The van der Waals surface area contributed by atoms with Crippen molar-refractivity contribution in [3.8, 4) is 0 Å². The van der Waals surface area contributed by atoms with E-state index in [2.05, 4.69) is 21.8 Å². The molecule has 1 atom stereocenters. The third-order valence-electron chi connectivity index (χ3n) is 3.72. The second kappa shape index (κ2) is 5.76. The monoisotopic (exact) mass is 309 g/mol. The zero-order chi connectivity index (χ0) is 14.1. The number of nitrogens with one attached hydrogen (secondary N) is 1. The summed E-state index contributed by atoms with van der Waals surface area (Å²) in [5.74, 6) is 0. The van der Waals surface area contributed by atoms with E-state index >= 15 is 0 Å². The van der Waals surface area contributed by atoms with Crippen molar-refractivity contribution in [2.75, 3.05) is 0 Å². The molecule has 1 saturated carbocycles. The van der Waals surface area contributed by atoms with Crippen LogP contribution in [0.25, 0.3) is 0 Å².